The zero-order valence-electron chi connectivity index (χ0n) is 12.0. The summed E-state index contributed by atoms with van der Waals surface area (Å²) < 4.78 is 1.48. The Hall–Kier alpha value is -3.53. The number of nitrogens with zero attached hydrogens (tertiary/aromatic N) is 5. The summed E-state index contributed by atoms with van der Waals surface area (Å²) in [7, 11) is 0. The molecule has 0 saturated carbocycles. The Balaban J connectivity index is 1.68. The summed E-state index contributed by atoms with van der Waals surface area (Å²) in [5, 5.41) is 22.5. The molecule has 7 nitrogen and oxygen atoms in total. The van der Waals surface area contributed by atoms with Crippen molar-refractivity contribution in [2.75, 3.05) is 0 Å². The van der Waals surface area contributed by atoms with E-state index in [1.165, 1.54) is 11.0 Å². The molecule has 0 atom stereocenters. The molecule has 0 aliphatic heterocycles. The fraction of sp³-hybridized carbons (Fsp3) is 0.0625. The van der Waals surface area contributed by atoms with Crippen LogP contribution in [0.15, 0.2) is 54.9 Å². The summed E-state index contributed by atoms with van der Waals surface area (Å²) in [5.41, 5.74) is 2.75. The lowest BCUT2D eigenvalue weighted by Gasteiger charge is -2.07. The van der Waals surface area contributed by atoms with Gasteiger partial charge in [-0.15, -0.1) is 5.10 Å². The van der Waals surface area contributed by atoms with Crippen molar-refractivity contribution in [2.24, 2.45) is 0 Å². The molecule has 0 aliphatic carbocycles. The SMILES string of the molecule is N#Cc1ccc(CNC(=O)c2cccc(-n3cnnn3)c2)cc1. The average molecular weight is 304 g/mol. The molecule has 0 fully saturated rings. The molecule has 0 unspecified atom stereocenters. The van der Waals surface area contributed by atoms with Crippen molar-refractivity contribution >= 4 is 5.91 Å². The van der Waals surface area contributed by atoms with E-state index in [1.807, 2.05) is 18.2 Å². The topological polar surface area (TPSA) is 96.5 Å². The highest BCUT2D eigenvalue weighted by atomic mass is 16.1. The number of nitriles is 1. The maximum absolute atomic E-state index is 12.2. The second-order valence-corrected chi connectivity index (χ2v) is 4.80. The molecule has 7 heteroatoms. The van der Waals surface area contributed by atoms with Crippen molar-refractivity contribution in [1.29, 1.82) is 5.26 Å². The van der Waals surface area contributed by atoms with Gasteiger partial charge in [0.15, 0.2) is 0 Å². The van der Waals surface area contributed by atoms with Gasteiger partial charge in [0.2, 0.25) is 0 Å². The maximum atomic E-state index is 12.2. The zero-order valence-corrected chi connectivity index (χ0v) is 12.0. The van der Waals surface area contributed by atoms with E-state index in [0.29, 0.717) is 23.4 Å². The van der Waals surface area contributed by atoms with Crippen LogP contribution in [-0.4, -0.2) is 26.1 Å². The van der Waals surface area contributed by atoms with Crippen molar-refractivity contribution < 1.29 is 4.79 Å². The normalized spacial score (nSPS) is 10.0. The van der Waals surface area contributed by atoms with E-state index in [1.54, 1.807) is 30.3 Å². The predicted octanol–water partition coefficient (Wildman–Crippen LogP) is 1.46. The first-order valence-corrected chi connectivity index (χ1v) is 6.87. The van der Waals surface area contributed by atoms with Gasteiger partial charge >= 0.3 is 0 Å². The number of tetrazole rings is 1. The van der Waals surface area contributed by atoms with Crippen LogP contribution in [0.4, 0.5) is 0 Å². The van der Waals surface area contributed by atoms with Gasteiger partial charge in [-0.2, -0.15) is 5.26 Å². The van der Waals surface area contributed by atoms with Gasteiger partial charge in [-0.1, -0.05) is 18.2 Å². The van der Waals surface area contributed by atoms with Crippen LogP contribution in [0, 0.1) is 11.3 Å². The first-order chi connectivity index (χ1) is 11.3. The number of hydrogen-bond donors (Lipinski definition) is 1. The molecule has 1 aromatic heterocycles. The molecular formula is C16H12N6O. The minimum Gasteiger partial charge on any atom is -0.348 e. The quantitative estimate of drug-likeness (QED) is 0.787. The standard InChI is InChI=1S/C16H12N6O/c17-9-12-4-6-13(7-5-12)10-18-16(23)14-2-1-3-15(8-14)22-11-19-20-21-22/h1-8,11H,10H2,(H,18,23). The molecule has 0 radical (unpaired) electrons. The van der Waals surface area contributed by atoms with Crippen LogP contribution in [-0.2, 0) is 6.54 Å². The van der Waals surface area contributed by atoms with Gasteiger partial charge in [-0.05, 0) is 46.3 Å². The second kappa shape index (κ2) is 6.49. The Bertz CT molecular complexity index is 849. The first kappa shape index (κ1) is 14.4. The summed E-state index contributed by atoms with van der Waals surface area (Å²) in [4.78, 5) is 12.2. The molecule has 0 saturated heterocycles. The van der Waals surface area contributed by atoms with E-state index in [-0.39, 0.29) is 5.91 Å². The third-order valence-electron chi connectivity index (χ3n) is 3.26. The highest BCUT2D eigenvalue weighted by Gasteiger charge is 2.07. The van der Waals surface area contributed by atoms with E-state index in [4.69, 9.17) is 5.26 Å². The third kappa shape index (κ3) is 3.39. The maximum Gasteiger partial charge on any atom is 0.251 e. The van der Waals surface area contributed by atoms with Gasteiger partial charge in [0, 0.05) is 12.1 Å². The Labute approximate surface area is 132 Å². The minimum atomic E-state index is -0.190. The number of benzene rings is 2. The zero-order chi connectivity index (χ0) is 16.1. The van der Waals surface area contributed by atoms with Crippen LogP contribution in [0.25, 0.3) is 5.69 Å². The summed E-state index contributed by atoms with van der Waals surface area (Å²) >= 11 is 0. The molecule has 1 heterocycles. The van der Waals surface area contributed by atoms with E-state index in [9.17, 15) is 4.79 Å². The molecular weight excluding hydrogens is 292 g/mol. The van der Waals surface area contributed by atoms with Gasteiger partial charge < -0.3 is 5.32 Å². The van der Waals surface area contributed by atoms with Crippen molar-refractivity contribution in [3.05, 3.63) is 71.5 Å². The Morgan fingerprint density at radius 1 is 1.22 bits per heavy atom. The van der Waals surface area contributed by atoms with Crippen LogP contribution >= 0.6 is 0 Å². The Morgan fingerprint density at radius 3 is 2.74 bits per heavy atom. The molecule has 0 aliphatic rings. The fourth-order valence-corrected chi connectivity index (χ4v) is 2.05. The lowest BCUT2D eigenvalue weighted by Crippen LogP contribution is -2.22. The smallest absolute Gasteiger partial charge is 0.251 e. The lowest BCUT2D eigenvalue weighted by atomic mass is 10.1. The fourth-order valence-electron chi connectivity index (χ4n) is 2.05. The van der Waals surface area contributed by atoms with Crippen molar-refractivity contribution in [3.8, 4) is 11.8 Å². The molecule has 1 N–H and O–H groups in total. The van der Waals surface area contributed by atoms with Crippen LogP contribution in [0.2, 0.25) is 0 Å². The Kier molecular flexibility index (Phi) is 4.07. The van der Waals surface area contributed by atoms with Gasteiger partial charge in [0.1, 0.15) is 6.33 Å². The number of nitrogens with one attached hydrogen (secondary N) is 1. The number of hydrogen-bond acceptors (Lipinski definition) is 5. The average Bonchev–Trinajstić information content (AvgIpc) is 3.15. The van der Waals surface area contributed by atoms with E-state index < -0.39 is 0 Å². The third-order valence-corrected chi connectivity index (χ3v) is 3.26. The monoisotopic (exact) mass is 304 g/mol. The van der Waals surface area contributed by atoms with Gasteiger partial charge in [-0.3, -0.25) is 4.79 Å². The van der Waals surface area contributed by atoms with Crippen molar-refractivity contribution in [3.63, 3.8) is 0 Å². The van der Waals surface area contributed by atoms with E-state index >= 15 is 0 Å². The summed E-state index contributed by atoms with van der Waals surface area (Å²) in [5.74, 6) is -0.190. The van der Waals surface area contributed by atoms with Crippen molar-refractivity contribution in [2.45, 2.75) is 6.54 Å². The number of rotatable bonds is 4. The van der Waals surface area contributed by atoms with Crippen LogP contribution in [0.5, 0.6) is 0 Å². The molecule has 112 valence electrons. The first-order valence-electron chi connectivity index (χ1n) is 6.87. The predicted molar refractivity (Wildman–Crippen MR) is 81.5 cm³/mol. The van der Waals surface area contributed by atoms with Gasteiger partial charge in [-0.25, -0.2) is 4.68 Å². The lowest BCUT2D eigenvalue weighted by molar-refractivity contribution is 0.0951. The summed E-state index contributed by atoms with van der Waals surface area (Å²) in [6, 6.07) is 16.2. The van der Waals surface area contributed by atoms with E-state index in [0.717, 1.165) is 5.56 Å². The number of amides is 1. The number of carbonyl (C=O) groups is 1. The van der Waals surface area contributed by atoms with Gasteiger partial charge in [0.05, 0.1) is 17.3 Å². The van der Waals surface area contributed by atoms with Crippen LogP contribution in [0.1, 0.15) is 21.5 Å². The van der Waals surface area contributed by atoms with Crippen LogP contribution < -0.4 is 5.32 Å². The second-order valence-electron chi connectivity index (χ2n) is 4.80. The molecule has 3 aromatic rings. The highest BCUT2D eigenvalue weighted by Crippen LogP contribution is 2.09. The molecule has 2 aromatic carbocycles. The molecule has 1 amide bonds. The van der Waals surface area contributed by atoms with Gasteiger partial charge in [0.25, 0.3) is 5.91 Å². The summed E-state index contributed by atoms with van der Waals surface area (Å²) in [6.45, 7) is 0.389. The molecule has 0 spiro atoms. The minimum absolute atomic E-state index is 0.190. The molecule has 3 rings (SSSR count). The molecule has 0 bridgehead atoms. The highest BCUT2D eigenvalue weighted by molar-refractivity contribution is 5.94. The number of aromatic nitrogens is 4. The number of carbonyl (C=O) groups excluding carboxylic acids is 1. The van der Waals surface area contributed by atoms with Crippen molar-refractivity contribution in [1.82, 2.24) is 25.5 Å². The summed E-state index contributed by atoms with van der Waals surface area (Å²) in [6.07, 6.45) is 1.47. The molecule has 23 heavy (non-hydrogen) atoms. The Morgan fingerprint density at radius 2 is 2.04 bits per heavy atom. The van der Waals surface area contributed by atoms with Crippen LogP contribution in [0.3, 0.4) is 0 Å². The van der Waals surface area contributed by atoms with E-state index in [2.05, 4.69) is 26.9 Å². The largest absolute Gasteiger partial charge is 0.348 e.